The average Bonchev–Trinajstić information content (AvgIpc) is 2.39. The van der Waals surface area contributed by atoms with E-state index in [-0.39, 0.29) is 17.9 Å². The largest absolute Gasteiger partial charge is 0.304 e. The summed E-state index contributed by atoms with van der Waals surface area (Å²) in [6.45, 7) is 4.11. The van der Waals surface area contributed by atoms with Gasteiger partial charge in [-0.05, 0) is 49.2 Å². The van der Waals surface area contributed by atoms with Crippen LogP contribution in [0.4, 0.5) is 4.39 Å². The lowest BCUT2D eigenvalue weighted by Crippen LogP contribution is -2.22. The fraction of sp³-hybridized carbons (Fsp3) is 0.250. The highest BCUT2D eigenvalue weighted by Gasteiger charge is 2.11. The Hall–Kier alpha value is -1.38. The summed E-state index contributed by atoms with van der Waals surface area (Å²) in [4.78, 5) is 0. The molecule has 1 unspecified atom stereocenters. The van der Waals surface area contributed by atoms with Crippen molar-refractivity contribution in [2.24, 2.45) is 0 Å². The summed E-state index contributed by atoms with van der Waals surface area (Å²) >= 11 is 5.87. The Bertz CT molecular complexity index is 539. The molecule has 0 fully saturated rings. The van der Waals surface area contributed by atoms with Gasteiger partial charge in [-0.2, -0.15) is 0 Å². The molecule has 3 heteroatoms. The van der Waals surface area contributed by atoms with Crippen molar-refractivity contribution in [2.75, 3.05) is 0 Å². The highest BCUT2D eigenvalue weighted by molar-refractivity contribution is 6.30. The van der Waals surface area contributed by atoms with Crippen molar-refractivity contribution in [3.8, 4) is 0 Å². The molecular weight excluding hydrogens is 261 g/mol. The van der Waals surface area contributed by atoms with Gasteiger partial charge in [-0.3, -0.25) is 0 Å². The van der Waals surface area contributed by atoms with Crippen molar-refractivity contribution in [2.45, 2.75) is 25.9 Å². The van der Waals surface area contributed by atoms with Crippen LogP contribution in [0.25, 0.3) is 0 Å². The fourth-order valence-electron chi connectivity index (χ4n) is 2.09. The zero-order chi connectivity index (χ0) is 13.8. The van der Waals surface area contributed by atoms with E-state index in [0.29, 0.717) is 0 Å². The van der Waals surface area contributed by atoms with E-state index in [1.165, 1.54) is 6.07 Å². The Balaban J connectivity index is 2.06. The first-order valence-electron chi connectivity index (χ1n) is 6.33. The van der Waals surface area contributed by atoms with Gasteiger partial charge in [-0.15, -0.1) is 0 Å². The molecule has 100 valence electrons. The molecule has 2 aromatic carbocycles. The predicted molar refractivity (Wildman–Crippen MR) is 77.8 cm³/mol. The van der Waals surface area contributed by atoms with Crippen LogP contribution in [0.15, 0.2) is 48.5 Å². The first kappa shape index (κ1) is 14.0. The molecular formula is C16H17ClFN. The van der Waals surface area contributed by atoms with E-state index in [9.17, 15) is 4.39 Å². The Morgan fingerprint density at radius 1 is 0.947 bits per heavy atom. The number of hydrogen-bond donors (Lipinski definition) is 1. The summed E-state index contributed by atoms with van der Waals surface area (Å²) in [5.41, 5.74) is 2.11. The molecule has 0 radical (unpaired) electrons. The highest BCUT2D eigenvalue weighted by Crippen LogP contribution is 2.21. The number of benzene rings is 2. The zero-order valence-electron chi connectivity index (χ0n) is 11.0. The minimum atomic E-state index is -0.203. The summed E-state index contributed by atoms with van der Waals surface area (Å²) in [6, 6.07) is 14.7. The Morgan fingerprint density at radius 3 is 2.21 bits per heavy atom. The molecule has 0 amide bonds. The molecule has 0 aliphatic rings. The van der Waals surface area contributed by atoms with E-state index in [0.717, 1.165) is 16.1 Å². The third kappa shape index (κ3) is 3.79. The van der Waals surface area contributed by atoms with Crippen molar-refractivity contribution in [1.82, 2.24) is 5.32 Å². The molecule has 2 rings (SSSR count). The second-order valence-corrected chi connectivity index (χ2v) is 5.15. The smallest absolute Gasteiger partial charge is 0.123 e. The highest BCUT2D eigenvalue weighted by atomic mass is 35.5. The Kier molecular flexibility index (Phi) is 4.56. The minimum absolute atomic E-state index is 0.0846. The first-order chi connectivity index (χ1) is 9.06. The lowest BCUT2D eigenvalue weighted by Gasteiger charge is -2.21. The van der Waals surface area contributed by atoms with Crippen LogP contribution in [-0.4, -0.2) is 0 Å². The maximum Gasteiger partial charge on any atom is 0.123 e. The average molecular weight is 278 g/mol. The maximum absolute atomic E-state index is 13.2. The van der Waals surface area contributed by atoms with E-state index >= 15 is 0 Å². The van der Waals surface area contributed by atoms with Crippen LogP contribution in [0, 0.1) is 5.82 Å². The van der Waals surface area contributed by atoms with Gasteiger partial charge in [-0.25, -0.2) is 4.39 Å². The van der Waals surface area contributed by atoms with Crippen LogP contribution in [-0.2, 0) is 0 Å². The van der Waals surface area contributed by atoms with Crippen molar-refractivity contribution in [3.63, 3.8) is 0 Å². The molecule has 1 nitrogen and oxygen atoms in total. The third-order valence-electron chi connectivity index (χ3n) is 3.22. The molecule has 0 saturated heterocycles. The molecule has 0 heterocycles. The predicted octanol–water partition coefficient (Wildman–Crippen LogP) is 4.89. The minimum Gasteiger partial charge on any atom is -0.304 e. The van der Waals surface area contributed by atoms with Gasteiger partial charge in [0.1, 0.15) is 5.82 Å². The van der Waals surface area contributed by atoms with Gasteiger partial charge in [-0.1, -0.05) is 35.9 Å². The summed E-state index contributed by atoms with van der Waals surface area (Å²) in [6.07, 6.45) is 0. The molecule has 19 heavy (non-hydrogen) atoms. The molecule has 2 atom stereocenters. The van der Waals surface area contributed by atoms with Crippen molar-refractivity contribution >= 4 is 11.6 Å². The summed E-state index contributed by atoms with van der Waals surface area (Å²) < 4.78 is 13.2. The summed E-state index contributed by atoms with van der Waals surface area (Å²) in [5.74, 6) is -0.203. The van der Waals surface area contributed by atoms with Crippen LogP contribution in [0.1, 0.15) is 37.1 Å². The molecule has 0 aromatic heterocycles. The van der Waals surface area contributed by atoms with Crippen molar-refractivity contribution in [1.29, 1.82) is 0 Å². The number of hydrogen-bond acceptors (Lipinski definition) is 1. The number of halogens is 2. The Morgan fingerprint density at radius 2 is 1.58 bits per heavy atom. The van der Waals surface area contributed by atoms with Gasteiger partial charge in [0.05, 0.1) is 0 Å². The molecule has 2 aromatic rings. The number of rotatable bonds is 4. The van der Waals surface area contributed by atoms with Crippen LogP contribution >= 0.6 is 11.6 Å². The molecule has 0 aliphatic carbocycles. The first-order valence-corrected chi connectivity index (χ1v) is 6.71. The van der Waals surface area contributed by atoms with Gasteiger partial charge in [0.2, 0.25) is 0 Å². The molecule has 0 aliphatic heterocycles. The van der Waals surface area contributed by atoms with E-state index in [4.69, 9.17) is 11.6 Å². The van der Waals surface area contributed by atoms with Crippen LogP contribution in [0.5, 0.6) is 0 Å². The van der Waals surface area contributed by atoms with Crippen LogP contribution in [0.2, 0.25) is 5.02 Å². The summed E-state index contributed by atoms with van der Waals surface area (Å²) in [7, 11) is 0. The van der Waals surface area contributed by atoms with Crippen LogP contribution < -0.4 is 5.32 Å². The standard InChI is InChI=1S/C16H17ClFN/c1-11(13-6-8-15(17)9-7-13)19-12(2)14-4-3-5-16(18)10-14/h3-12,19H,1-2H3/t11?,12-/m0/s1. The lowest BCUT2D eigenvalue weighted by molar-refractivity contribution is 0.492. The maximum atomic E-state index is 13.2. The van der Waals surface area contributed by atoms with Crippen molar-refractivity contribution < 1.29 is 4.39 Å². The second-order valence-electron chi connectivity index (χ2n) is 4.72. The van der Waals surface area contributed by atoms with Crippen molar-refractivity contribution in [3.05, 3.63) is 70.5 Å². The molecule has 0 spiro atoms. The summed E-state index contributed by atoms with van der Waals surface area (Å²) in [5, 5.41) is 4.18. The molecule has 1 N–H and O–H groups in total. The number of nitrogens with one attached hydrogen (secondary N) is 1. The van der Waals surface area contributed by atoms with Crippen LogP contribution in [0.3, 0.4) is 0 Å². The SMILES string of the molecule is CC(N[C@@H](C)c1cccc(F)c1)c1ccc(Cl)cc1. The van der Waals surface area contributed by atoms with E-state index in [2.05, 4.69) is 12.2 Å². The van der Waals surface area contributed by atoms with E-state index < -0.39 is 0 Å². The van der Waals surface area contributed by atoms with E-state index in [1.807, 2.05) is 37.3 Å². The third-order valence-corrected chi connectivity index (χ3v) is 3.47. The molecule has 0 saturated carbocycles. The van der Waals surface area contributed by atoms with Gasteiger partial charge < -0.3 is 5.32 Å². The quantitative estimate of drug-likeness (QED) is 0.839. The normalized spacial score (nSPS) is 14.1. The topological polar surface area (TPSA) is 12.0 Å². The van der Waals surface area contributed by atoms with Gasteiger partial charge in [0.15, 0.2) is 0 Å². The van der Waals surface area contributed by atoms with Gasteiger partial charge in [0, 0.05) is 17.1 Å². The Labute approximate surface area is 118 Å². The second kappa shape index (κ2) is 6.18. The fourth-order valence-corrected chi connectivity index (χ4v) is 2.22. The van der Waals surface area contributed by atoms with Gasteiger partial charge in [0.25, 0.3) is 0 Å². The molecule has 0 bridgehead atoms. The zero-order valence-corrected chi connectivity index (χ0v) is 11.8. The monoisotopic (exact) mass is 277 g/mol. The van der Waals surface area contributed by atoms with Gasteiger partial charge >= 0.3 is 0 Å². The lowest BCUT2D eigenvalue weighted by atomic mass is 10.0. The van der Waals surface area contributed by atoms with E-state index in [1.54, 1.807) is 12.1 Å².